The van der Waals surface area contributed by atoms with Gasteiger partial charge in [-0.3, -0.25) is 9.59 Å². The fourth-order valence-electron chi connectivity index (χ4n) is 4.17. The lowest BCUT2D eigenvalue weighted by Gasteiger charge is -2.59. The van der Waals surface area contributed by atoms with E-state index in [1.165, 1.54) is 4.31 Å². The molecular weight excluding hydrogens is 439 g/mol. The predicted molar refractivity (Wildman–Crippen MR) is 110 cm³/mol. The number of halogens is 2. The first-order valence-electron chi connectivity index (χ1n) is 9.07. The highest BCUT2D eigenvalue weighted by Crippen LogP contribution is 2.49. The van der Waals surface area contributed by atoms with E-state index in [0.717, 1.165) is 25.3 Å². The molecule has 2 aromatic rings. The number of aryl methyl sites for hydroxylation is 1. The number of aromatic nitrogens is 1. The quantitative estimate of drug-likeness (QED) is 0.731. The lowest BCUT2D eigenvalue weighted by atomic mass is 9.60. The minimum Gasteiger partial charge on any atom is -0.347 e. The van der Waals surface area contributed by atoms with Crippen molar-refractivity contribution < 1.29 is 18.0 Å². The van der Waals surface area contributed by atoms with Crippen LogP contribution in [0, 0.1) is 5.41 Å². The molecule has 1 aromatic heterocycles. The number of fused-ring (bicyclic) bond motifs is 1. The van der Waals surface area contributed by atoms with Gasteiger partial charge in [0, 0.05) is 49.4 Å². The Morgan fingerprint density at radius 2 is 1.93 bits per heavy atom. The number of rotatable bonds is 4. The number of carbonyl (C=O) groups excluding carboxylic acids is 2. The minimum atomic E-state index is -3.82. The summed E-state index contributed by atoms with van der Waals surface area (Å²) < 4.78 is 29.1. The maximum atomic E-state index is 12.9. The molecule has 1 spiro atoms. The molecular formula is C18H20Cl2N4O4S. The number of hydrogen-bond donors (Lipinski definition) is 2. The van der Waals surface area contributed by atoms with Crippen LogP contribution in [-0.2, 0) is 22.1 Å². The highest BCUT2D eigenvalue weighted by molar-refractivity contribution is 7.87. The third kappa shape index (κ3) is 3.30. The Balaban J connectivity index is 1.48. The molecule has 0 bridgehead atoms. The van der Waals surface area contributed by atoms with E-state index in [0.29, 0.717) is 21.1 Å². The van der Waals surface area contributed by atoms with Crippen molar-refractivity contribution in [2.75, 3.05) is 13.1 Å². The zero-order valence-corrected chi connectivity index (χ0v) is 18.2. The molecule has 1 aliphatic heterocycles. The van der Waals surface area contributed by atoms with Gasteiger partial charge in [-0.05, 0) is 31.0 Å². The van der Waals surface area contributed by atoms with Crippen molar-refractivity contribution in [1.29, 1.82) is 0 Å². The van der Waals surface area contributed by atoms with Gasteiger partial charge in [0.15, 0.2) is 0 Å². The van der Waals surface area contributed by atoms with Crippen LogP contribution in [-0.4, -0.2) is 48.2 Å². The Kier molecular flexibility index (Phi) is 4.85. The smallest absolute Gasteiger partial charge is 0.303 e. The maximum absolute atomic E-state index is 12.9. The van der Waals surface area contributed by atoms with E-state index in [1.807, 2.05) is 10.8 Å². The molecule has 1 saturated carbocycles. The van der Waals surface area contributed by atoms with Gasteiger partial charge in [-0.1, -0.05) is 23.2 Å². The van der Waals surface area contributed by atoms with Crippen LogP contribution in [0.3, 0.4) is 0 Å². The Hall–Kier alpha value is -1.81. The van der Waals surface area contributed by atoms with Gasteiger partial charge < -0.3 is 9.88 Å². The van der Waals surface area contributed by atoms with Crippen LogP contribution in [0.1, 0.15) is 30.3 Å². The Morgan fingerprint density at radius 3 is 2.52 bits per heavy atom. The van der Waals surface area contributed by atoms with Crippen molar-refractivity contribution in [3.8, 4) is 0 Å². The molecule has 2 aliphatic rings. The first kappa shape index (κ1) is 20.5. The number of benzene rings is 1. The number of amides is 2. The summed E-state index contributed by atoms with van der Waals surface area (Å²) in [5, 5.41) is 4.55. The molecule has 1 saturated heterocycles. The van der Waals surface area contributed by atoms with E-state index < -0.39 is 16.1 Å². The van der Waals surface area contributed by atoms with Crippen LogP contribution in [0.2, 0.25) is 10.0 Å². The van der Waals surface area contributed by atoms with E-state index in [1.54, 1.807) is 23.7 Å². The molecule has 2 amide bonds. The van der Waals surface area contributed by atoms with Crippen LogP contribution in [0.5, 0.6) is 0 Å². The summed E-state index contributed by atoms with van der Waals surface area (Å²) in [5.41, 5.74) is 0.963. The van der Waals surface area contributed by atoms with E-state index in [2.05, 4.69) is 5.32 Å². The van der Waals surface area contributed by atoms with Gasteiger partial charge in [0.2, 0.25) is 5.91 Å². The summed E-state index contributed by atoms with van der Waals surface area (Å²) in [6.45, 7) is 1.71. The SMILES string of the molecule is CC(=O)NS(=O)(=O)N1CC2(CCC2NC(=O)c2cc3c(Cl)c(Cl)ccc3n2C)C1. The highest BCUT2D eigenvalue weighted by Gasteiger charge is 2.58. The van der Waals surface area contributed by atoms with Gasteiger partial charge in [0.1, 0.15) is 5.69 Å². The summed E-state index contributed by atoms with van der Waals surface area (Å²) in [5.74, 6) is -0.873. The zero-order valence-electron chi connectivity index (χ0n) is 15.8. The average molecular weight is 459 g/mol. The summed E-state index contributed by atoms with van der Waals surface area (Å²) in [7, 11) is -2.04. The summed E-state index contributed by atoms with van der Waals surface area (Å²) in [6, 6.07) is 5.07. The summed E-state index contributed by atoms with van der Waals surface area (Å²) in [6.07, 6.45) is 1.59. The molecule has 2 fully saturated rings. The van der Waals surface area contributed by atoms with Crippen LogP contribution in [0.25, 0.3) is 10.9 Å². The molecule has 1 unspecified atom stereocenters. The van der Waals surface area contributed by atoms with Gasteiger partial charge in [-0.25, -0.2) is 4.72 Å². The lowest BCUT2D eigenvalue weighted by Crippen LogP contribution is -2.72. The highest BCUT2D eigenvalue weighted by atomic mass is 35.5. The molecule has 29 heavy (non-hydrogen) atoms. The molecule has 8 nitrogen and oxygen atoms in total. The second-order valence-electron chi connectivity index (χ2n) is 7.74. The molecule has 1 aromatic carbocycles. The van der Waals surface area contributed by atoms with Crippen molar-refractivity contribution in [2.45, 2.75) is 25.8 Å². The predicted octanol–water partition coefficient (Wildman–Crippen LogP) is 2.06. The number of nitrogens with zero attached hydrogens (tertiary/aromatic N) is 2. The molecule has 2 N–H and O–H groups in total. The number of carbonyl (C=O) groups is 2. The molecule has 1 aliphatic carbocycles. The van der Waals surface area contributed by atoms with Crippen molar-refractivity contribution in [3.63, 3.8) is 0 Å². The third-order valence-corrected chi connectivity index (χ3v) is 8.22. The van der Waals surface area contributed by atoms with Crippen LogP contribution >= 0.6 is 23.2 Å². The van der Waals surface area contributed by atoms with Gasteiger partial charge >= 0.3 is 10.2 Å². The standard InChI is InChI=1S/C18H20Cl2N4O4S/c1-10(25)22-29(27,28)24-8-18(9-24)6-5-15(18)21-17(26)14-7-11-13(23(14)2)4-3-12(19)16(11)20/h3-4,7,15H,5-6,8-9H2,1-2H3,(H,21,26)(H,22,25). The van der Waals surface area contributed by atoms with E-state index in [-0.39, 0.29) is 30.5 Å². The number of hydrogen-bond acceptors (Lipinski definition) is 4. The second kappa shape index (κ2) is 6.87. The van der Waals surface area contributed by atoms with Crippen molar-refractivity contribution in [2.24, 2.45) is 12.5 Å². The Labute approximate surface area is 178 Å². The minimum absolute atomic E-state index is 0.129. The zero-order chi connectivity index (χ0) is 21.1. The van der Waals surface area contributed by atoms with E-state index in [4.69, 9.17) is 23.2 Å². The molecule has 1 atom stereocenters. The van der Waals surface area contributed by atoms with Crippen molar-refractivity contribution in [3.05, 3.63) is 33.9 Å². The van der Waals surface area contributed by atoms with Gasteiger partial charge in [-0.2, -0.15) is 12.7 Å². The molecule has 4 rings (SSSR count). The van der Waals surface area contributed by atoms with Gasteiger partial charge in [0.05, 0.1) is 10.0 Å². The first-order valence-corrected chi connectivity index (χ1v) is 11.3. The fourth-order valence-corrected chi connectivity index (χ4v) is 5.90. The average Bonchev–Trinajstić information content (AvgIpc) is 2.90. The molecule has 156 valence electrons. The lowest BCUT2D eigenvalue weighted by molar-refractivity contribution is -0.117. The Bertz CT molecular complexity index is 1140. The Morgan fingerprint density at radius 1 is 1.24 bits per heavy atom. The van der Waals surface area contributed by atoms with Crippen LogP contribution in [0.4, 0.5) is 0 Å². The number of nitrogens with one attached hydrogen (secondary N) is 2. The largest absolute Gasteiger partial charge is 0.347 e. The molecule has 0 radical (unpaired) electrons. The van der Waals surface area contributed by atoms with Gasteiger partial charge in [0.25, 0.3) is 5.91 Å². The fraction of sp³-hybridized carbons (Fsp3) is 0.444. The van der Waals surface area contributed by atoms with Gasteiger partial charge in [-0.15, -0.1) is 0 Å². The van der Waals surface area contributed by atoms with Crippen molar-refractivity contribution >= 4 is 56.1 Å². The normalized spacial score (nSPS) is 20.9. The van der Waals surface area contributed by atoms with Crippen molar-refractivity contribution in [1.82, 2.24) is 18.9 Å². The first-order chi connectivity index (χ1) is 13.5. The second-order valence-corrected chi connectivity index (χ2v) is 10.2. The third-order valence-electron chi connectivity index (χ3n) is 5.92. The topological polar surface area (TPSA) is 101 Å². The van der Waals surface area contributed by atoms with Crippen LogP contribution in [0.15, 0.2) is 18.2 Å². The molecule has 11 heteroatoms. The molecule has 2 heterocycles. The monoisotopic (exact) mass is 458 g/mol. The van der Waals surface area contributed by atoms with E-state index in [9.17, 15) is 18.0 Å². The van der Waals surface area contributed by atoms with Crippen LogP contribution < -0.4 is 10.0 Å². The maximum Gasteiger partial charge on any atom is 0.303 e. The summed E-state index contributed by atoms with van der Waals surface area (Å²) in [4.78, 5) is 24.0. The summed E-state index contributed by atoms with van der Waals surface area (Å²) >= 11 is 12.3. The van der Waals surface area contributed by atoms with E-state index >= 15 is 0 Å².